The van der Waals surface area contributed by atoms with Gasteiger partial charge in [0.25, 0.3) is 0 Å². The van der Waals surface area contributed by atoms with Crippen molar-refractivity contribution in [2.45, 2.75) is 52.6 Å². The number of carbonyl (C=O) groups is 1. The minimum absolute atomic E-state index is 0.463. The third-order valence-electron chi connectivity index (χ3n) is 2.97. The summed E-state index contributed by atoms with van der Waals surface area (Å²) < 4.78 is 5.53. The first kappa shape index (κ1) is 14.6. The monoisotopic (exact) mass is 250 g/mol. The van der Waals surface area contributed by atoms with E-state index >= 15 is 0 Å². The van der Waals surface area contributed by atoms with Gasteiger partial charge in [0.1, 0.15) is 5.75 Å². The molecule has 0 amide bonds. The molecule has 0 aliphatic heterocycles. The van der Waals surface area contributed by atoms with Crippen LogP contribution < -0.4 is 4.74 Å². The van der Waals surface area contributed by atoms with Crippen molar-refractivity contribution in [1.82, 2.24) is 0 Å². The minimum Gasteiger partial charge on any atom is -0.479 e. The summed E-state index contributed by atoms with van der Waals surface area (Å²) in [6.45, 7) is 8.25. The summed E-state index contributed by atoms with van der Waals surface area (Å²) in [6.07, 6.45) is 0.569. The Labute approximate surface area is 109 Å². The van der Waals surface area contributed by atoms with E-state index in [2.05, 4.69) is 13.8 Å². The second kappa shape index (κ2) is 6.43. The van der Waals surface area contributed by atoms with E-state index in [1.807, 2.05) is 32.0 Å². The summed E-state index contributed by atoms with van der Waals surface area (Å²) in [7, 11) is 0. The lowest BCUT2D eigenvalue weighted by Gasteiger charge is -2.16. The fourth-order valence-corrected chi connectivity index (χ4v) is 2.03. The fourth-order valence-electron chi connectivity index (χ4n) is 2.03. The van der Waals surface area contributed by atoms with Gasteiger partial charge >= 0.3 is 5.97 Å². The second-order valence-electron chi connectivity index (χ2n) is 4.91. The van der Waals surface area contributed by atoms with Gasteiger partial charge in [-0.1, -0.05) is 33.3 Å². The Bertz CT molecular complexity index is 410. The summed E-state index contributed by atoms with van der Waals surface area (Å²) in [5, 5.41) is 9.05. The van der Waals surface area contributed by atoms with Crippen LogP contribution in [0.1, 0.15) is 50.7 Å². The fraction of sp³-hybridized carbons (Fsp3) is 0.533. The van der Waals surface area contributed by atoms with Crippen LogP contribution in [-0.2, 0) is 4.79 Å². The molecule has 0 radical (unpaired) electrons. The molecule has 0 bridgehead atoms. The van der Waals surface area contributed by atoms with Crippen molar-refractivity contribution >= 4 is 5.97 Å². The molecule has 0 aliphatic carbocycles. The topological polar surface area (TPSA) is 46.5 Å². The Balaban J connectivity index is 2.84. The van der Waals surface area contributed by atoms with Crippen LogP contribution in [0.5, 0.6) is 5.75 Å². The number of aliphatic carboxylic acids is 1. The standard InChI is InChI=1S/C15H22O3/c1-5-6-14(15(16)17)18-12-7-8-13(10(2)3)11(4)9-12/h7-10,14H,5-6H2,1-4H3,(H,16,17). The van der Waals surface area contributed by atoms with E-state index in [9.17, 15) is 4.79 Å². The van der Waals surface area contributed by atoms with E-state index in [1.54, 1.807) is 0 Å². The predicted octanol–water partition coefficient (Wildman–Crippen LogP) is 3.75. The quantitative estimate of drug-likeness (QED) is 0.836. The van der Waals surface area contributed by atoms with Gasteiger partial charge in [-0.2, -0.15) is 0 Å². The molecule has 1 atom stereocenters. The average molecular weight is 250 g/mol. The number of carboxylic acids is 1. The average Bonchev–Trinajstić information content (AvgIpc) is 2.27. The van der Waals surface area contributed by atoms with Crippen LogP contribution in [0.15, 0.2) is 18.2 Å². The molecule has 100 valence electrons. The predicted molar refractivity (Wildman–Crippen MR) is 72.2 cm³/mol. The first-order valence-corrected chi connectivity index (χ1v) is 6.45. The molecule has 3 heteroatoms. The first-order chi connectivity index (χ1) is 8.45. The number of hydrogen-bond acceptors (Lipinski definition) is 2. The van der Waals surface area contributed by atoms with Crippen LogP contribution in [0.4, 0.5) is 0 Å². The first-order valence-electron chi connectivity index (χ1n) is 6.45. The van der Waals surface area contributed by atoms with E-state index in [1.165, 1.54) is 5.56 Å². The van der Waals surface area contributed by atoms with Crippen LogP contribution in [0.2, 0.25) is 0 Å². The van der Waals surface area contributed by atoms with Crippen LogP contribution in [-0.4, -0.2) is 17.2 Å². The van der Waals surface area contributed by atoms with E-state index in [4.69, 9.17) is 9.84 Å². The van der Waals surface area contributed by atoms with E-state index in [-0.39, 0.29) is 0 Å². The molecule has 1 aromatic rings. The zero-order valence-corrected chi connectivity index (χ0v) is 11.6. The maximum atomic E-state index is 11.0. The molecule has 1 N–H and O–H groups in total. The summed E-state index contributed by atoms with van der Waals surface area (Å²) in [4.78, 5) is 11.0. The van der Waals surface area contributed by atoms with Crippen molar-refractivity contribution in [3.05, 3.63) is 29.3 Å². The Morgan fingerprint density at radius 1 is 1.39 bits per heavy atom. The van der Waals surface area contributed by atoms with Crippen molar-refractivity contribution in [3.8, 4) is 5.75 Å². The van der Waals surface area contributed by atoms with Crippen molar-refractivity contribution in [3.63, 3.8) is 0 Å². The minimum atomic E-state index is -0.901. The van der Waals surface area contributed by atoms with Crippen LogP contribution in [0.3, 0.4) is 0 Å². The zero-order valence-electron chi connectivity index (χ0n) is 11.6. The molecule has 1 unspecified atom stereocenters. The van der Waals surface area contributed by atoms with E-state index < -0.39 is 12.1 Å². The molecule has 1 aromatic carbocycles. The van der Waals surface area contributed by atoms with Crippen LogP contribution >= 0.6 is 0 Å². The molecular formula is C15H22O3. The summed E-state index contributed by atoms with van der Waals surface area (Å²) >= 11 is 0. The number of benzene rings is 1. The molecule has 0 saturated heterocycles. The molecule has 0 aromatic heterocycles. The molecule has 0 saturated carbocycles. The van der Waals surface area contributed by atoms with Gasteiger partial charge < -0.3 is 9.84 Å². The lowest BCUT2D eigenvalue weighted by Crippen LogP contribution is -2.26. The van der Waals surface area contributed by atoms with Crippen molar-refractivity contribution < 1.29 is 14.6 Å². The van der Waals surface area contributed by atoms with Gasteiger partial charge in [0.05, 0.1) is 0 Å². The molecular weight excluding hydrogens is 228 g/mol. The Hall–Kier alpha value is -1.51. The summed E-state index contributed by atoms with van der Waals surface area (Å²) in [5.74, 6) is 0.199. The van der Waals surface area contributed by atoms with E-state index in [0.29, 0.717) is 18.1 Å². The Kier molecular flexibility index (Phi) is 5.20. The van der Waals surface area contributed by atoms with Crippen LogP contribution in [0.25, 0.3) is 0 Å². The zero-order chi connectivity index (χ0) is 13.7. The number of hydrogen-bond donors (Lipinski definition) is 1. The molecule has 0 heterocycles. The van der Waals surface area contributed by atoms with Gasteiger partial charge in [0, 0.05) is 0 Å². The highest BCUT2D eigenvalue weighted by Gasteiger charge is 2.18. The highest BCUT2D eigenvalue weighted by atomic mass is 16.5. The number of rotatable bonds is 6. The third kappa shape index (κ3) is 3.76. The van der Waals surface area contributed by atoms with Gasteiger partial charge in [0.15, 0.2) is 6.10 Å². The maximum Gasteiger partial charge on any atom is 0.344 e. The lowest BCUT2D eigenvalue weighted by molar-refractivity contribution is -0.145. The molecule has 1 rings (SSSR count). The van der Waals surface area contributed by atoms with Gasteiger partial charge in [0.2, 0.25) is 0 Å². The van der Waals surface area contributed by atoms with Gasteiger partial charge in [-0.15, -0.1) is 0 Å². The van der Waals surface area contributed by atoms with Crippen molar-refractivity contribution in [2.24, 2.45) is 0 Å². The highest BCUT2D eigenvalue weighted by Crippen LogP contribution is 2.24. The summed E-state index contributed by atoms with van der Waals surface area (Å²) in [5.41, 5.74) is 2.41. The largest absolute Gasteiger partial charge is 0.479 e. The smallest absolute Gasteiger partial charge is 0.344 e. The number of ether oxygens (including phenoxy) is 1. The highest BCUT2D eigenvalue weighted by molar-refractivity contribution is 5.72. The van der Waals surface area contributed by atoms with Crippen LogP contribution in [0, 0.1) is 6.92 Å². The van der Waals surface area contributed by atoms with Gasteiger partial charge in [-0.25, -0.2) is 4.79 Å². The summed E-state index contributed by atoms with van der Waals surface area (Å²) in [6, 6.07) is 5.79. The Morgan fingerprint density at radius 3 is 2.50 bits per heavy atom. The maximum absolute atomic E-state index is 11.0. The molecule has 0 fully saturated rings. The third-order valence-corrected chi connectivity index (χ3v) is 2.97. The molecule has 0 aliphatic rings. The van der Waals surface area contributed by atoms with Gasteiger partial charge in [-0.05, 0) is 42.5 Å². The number of carboxylic acid groups (broad SMARTS) is 1. The number of aryl methyl sites for hydroxylation is 1. The lowest BCUT2D eigenvalue weighted by atomic mass is 9.98. The van der Waals surface area contributed by atoms with E-state index in [0.717, 1.165) is 12.0 Å². The normalized spacial score (nSPS) is 12.5. The van der Waals surface area contributed by atoms with Crippen molar-refractivity contribution in [2.75, 3.05) is 0 Å². The van der Waals surface area contributed by atoms with Gasteiger partial charge in [-0.3, -0.25) is 0 Å². The second-order valence-corrected chi connectivity index (χ2v) is 4.91. The van der Waals surface area contributed by atoms with Crippen molar-refractivity contribution in [1.29, 1.82) is 0 Å². The molecule has 0 spiro atoms. The Morgan fingerprint density at radius 2 is 2.06 bits per heavy atom. The SMILES string of the molecule is CCCC(Oc1ccc(C(C)C)c(C)c1)C(=O)O. The molecule has 18 heavy (non-hydrogen) atoms. The molecule has 3 nitrogen and oxygen atoms in total.